The molecule has 1 aliphatic rings. The molecule has 2 atom stereocenters. The lowest BCUT2D eigenvalue weighted by Gasteiger charge is -2.18. The first-order valence-corrected chi connectivity index (χ1v) is 7.14. The number of carbonyl (C=O) groups excluding carboxylic acids is 2. The van der Waals surface area contributed by atoms with Crippen LogP contribution in [0.15, 0.2) is 25.0 Å². The highest BCUT2D eigenvalue weighted by molar-refractivity contribution is 6.23. The first kappa shape index (κ1) is 14.2. The van der Waals surface area contributed by atoms with Gasteiger partial charge in [-0.2, -0.15) is 0 Å². The summed E-state index contributed by atoms with van der Waals surface area (Å²) >= 11 is 0. The van der Waals surface area contributed by atoms with E-state index in [4.69, 9.17) is 5.41 Å². The molecule has 0 spiro atoms. The molecule has 0 aliphatic heterocycles. The molecular formula is C15H17N5O2. The largest absolute Gasteiger partial charge is 0.347 e. The van der Waals surface area contributed by atoms with Crippen LogP contribution >= 0.6 is 0 Å². The van der Waals surface area contributed by atoms with Crippen molar-refractivity contribution in [2.24, 2.45) is 5.92 Å². The Morgan fingerprint density at radius 2 is 2.36 bits per heavy atom. The van der Waals surface area contributed by atoms with Gasteiger partial charge in [0.2, 0.25) is 6.29 Å². The quantitative estimate of drug-likeness (QED) is 0.574. The van der Waals surface area contributed by atoms with E-state index in [-0.39, 0.29) is 17.4 Å². The van der Waals surface area contributed by atoms with Crippen molar-refractivity contribution in [2.75, 3.05) is 0 Å². The Hall–Kier alpha value is -2.70. The predicted molar refractivity (Wildman–Crippen MR) is 80.6 cm³/mol. The van der Waals surface area contributed by atoms with Crippen molar-refractivity contribution in [2.45, 2.75) is 25.3 Å². The molecule has 1 amide bonds. The minimum absolute atomic E-state index is 0.0159. The van der Waals surface area contributed by atoms with E-state index in [0.29, 0.717) is 11.9 Å². The Morgan fingerprint density at radius 3 is 3.14 bits per heavy atom. The van der Waals surface area contributed by atoms with Gasteiger partial charge in [-0.3, -0.25) is 19.6 Å². The molecule has 7 nitrogen and oxygen atoms in total. The average Bonchev–Trinajstić information content (AvgIpc) is 3.15. The summed E-state index contributed by atoms with van der Waals surface area (Å²) in [5.41, 5.74) is 2.62. The van der Waals surface area contributed by atoms with Crippen LogP contribution in [0.4, 0.5) is 0 Å². The van der Waals surface area contributed by atoms with Gasteiger partial charge in [0, 0.05) is 23.9 Å². The van der Waals surface area contributed by atoms with E-state index in [1.54, 1.807) is 10.8 Å². The van der Waals surface area contributed by atoms with Crippen molar-refractivity contribution in [1.29, 1.82) is 5.41 Å². The Labute approximate surface area is 126 Å². The van der Waals surface area contributed by atoms with E-state index in [0.717, 1.165) is 30.5 Å². The number of nitrogens with one attached hydrogen (secondary N) is 3. The molecule has 7 heteroatoms. The third-order valence-electron chi connectivity index (χ3n) is 4.15. The van der Waals surface area contributed by atoms with Gasteiger partial charge in [0.25, 0.3) is 5.91 Å². The molecule has 2 aromatic heterocycles. The van der Waals surface area contributed by atoms with Crippen molar-refractivity contribution in [3.63, 3.8) is 0 Å². The molecule has 0 bridgehead atoms. The zero-order valence-corrected chi connectivity index (χ0v) is 12.0. The summed E-state index contributed by atoms with van der Waals surface area (Å²) in [6, 6.07) is 1.85. The van der Waals surface area contributed by atoms with Gasteiger partial charge >= 0.3 is 0 Å². The van der Waals surface area contributed by atoms with E-state index in [1.165, 1.54) is 6.20 Å². The number of H-pyrrole nitrogens is 1. The summed E-state index contributed by atoms with van der Waals surface area (Å²) in [5.74, 6) is -0.423. The zero-order valence-electron chi connectivity index (χ0n) is 12.0. The SMILES string of the molecule is C=C([C@@H]1CC[C@H](NC(=O)C=O)C1)n1c(=N)cnc2[nH]ccc21. The van der Waals surface area contributed by atoms with E-state index >= 15 is 0 Å². The van der Waals surface area contributed by atoms with Crippen LogP contribution in [-0.4, -0.2) is 32.8 Å². The highest BCUT2D eigenvalue weighted by Crippen LogP contribution is 2.33. The van der Waals surface area contributed by atoms with E-state index < -0.39 is 5.91 Å². The number of aldehydes is 1. The number of aromatic nitrogens is 3. The summed E-state index contributed by atoms with van der Waals surface area (Å²) in [4.78, 5) is 28.8. The molecule has 1 fully saturated rings. The molecule has 3 N–H and O–H groups in total. The second-order valence-corrected chi connectivity index (χ2v) is 5.52. The molecule has 1 saturated carbocycles. The minimum atomic E-state index is -0.581. The number of nitrogens with zero attached hydrogens (tertiary/aromatic N) is 2. The number of carbonyl (C=O) groups is 2. The van der Waals surface area contributed by atoms with Gasteiger partial charge in [0.05, 0.1) is 11.7 Å². The molecular weight excluding hydrogens is 282 g/mol. The molecule has 0 aromatic carbocycles. The van der Waals surface area contributed by atoms with Crippen LogP contribution in [0.3, 0.4) is 0 Å². The molecule has 0 saturated heterocycles. The highest BCUT2D eigenvalue weighted by atomic mass is 16.2. The van der Waals surface area contributed by atoms with Crippen LogP contribution in [-0.2, 0) is 9.59 Å². The number of amides is 1. The number of fused-ring (bicyclic) bond motifs is 1. The van der Waals surface area contributed by atoms with Crippen molar-refractivity contribution in [1.82, 2.24) is 19.9 Å². The fraction of sp³-hybridized carbons (Fsp3) is 0.333. The maximum absolute atomic E-state index is 11.2. The van der Waals surface area contributed by atoms with Gasteiger partial charge in [-0.15, -0.1) is 0 Å². The zero-order chi connectivity index (χ0) is 15.7. The maximum Gasteiger partial charge on any atom is 0.284 e. The molecule has 0 radical (unpaired) electrons. The summed E-state index contributed by atoms with van der Waals surface area (Å²) < 4.78 is 1.79. The summed E-state index contributed by atoms with van der Waals surface area (Å²) in [5, 5.41) is 10.8. The van der Waals surface area contributed by atoms with Gasteiger partial charge < -0.3 is 10.3 Å². The second-order valence-electron chi connectivity index (χ2n) is 5.52. The van der Waals surface area contributed by atoms with Gasteiger partial charge in [0.15, 0.2) is 5.65 Å². The van der Waals surface area contributed by atoms with Crippen LogP contribution in [0.25, 0.3) is 16.9 Å². The molecule has 22 heavy (non-hydrogen) atoms. The summed E-state index contributed by atoms with van der Waals surface area (Å²) in [6.07, 6.45) is 5.96. The maximum atomic E-state index is 11.2. The van der Waals surface area contributed by atoms with Gasteiger partial charge in [-0.1, -0.05) is 6.58 Å². The van der Waals surface area contributed by atoms with Crippen LogP contribution in [0.1, 0.15) is 19.3 Å². The normalized spacial score (nSPS) is 20.9. The minimum Gasteiger partial charge on any atom is -0.347 e. The van der Waals surface area contributed by atoms with E-state index in [1.807, 2.05) is 6.07 Å². The monoisotopic (exact) mass is 299 g/mol. The Balaban J connectivity index is 1.84. The average molecular weight is 299 g/mol. The third-order valence-corrected chi connectivity index (χ3v) is 4.15. The lowest BCUT2D eigenvalue weighted by molar-refractivity contribution is -0.131. The van der Waals surface area contributed by atoms with Gasteiger partial charge in [0.1, 0.15) is 5.49 Å². The number of hydrogen-bond donors (Lipinski definition) is 3. The first-order chi connectivity index (χ1) is 10.6. The van der Waals surface area contributed by atoms with Crippen molar-refractivity contribution in [3.05, 3.63) is 30.5 Å². The second kappa shape index (κ2) is 5.59. The molecule has 2 heterocycles. The van der Waals surface area contributed by atoms with Crippen molar-refractivity contribution >= 4 is 29.1 Å². The van der Waals surface area contributed by atoms with E-state index in [2.05, 4.69) is 21.9 Å². The standard InChI is InChI=1S/C15H17N5O2/c1-9(10-2-3-11(6-10)19-14(22)8-21)20-12-4-5-17-15(12)18-7-13(20)16/h4-5,7-8,10-11,16-17H,1-3,6H2,(H,19,22)/t10-,11+/m1/s1. The predicted octanol–water partition coefficient (Wildman–Crippen LogP) is 0.798. The molecule has 114 valence electrons. The Bertz CT molecular complexity index is 804. The van der Waals surface area contributed by atoms with Crippen LogP contribution in [0, 0.1) is 11.3 Å². The van der Waals surface area contributed by atoms with E-state index in [9.17, 15) is 9.59 Å². The summed E-state index contributed by atoms with van der Waals surface area (Å²) in [7, 11) is 0. The fourth-order valence-electron chi connectivity index (χ4n) is 3.09. The van der Waals surface area contributed by atoms with Crippen LogP contribution in [0.5, 0.6) is 0 Å². The topological polar surface area (TPSA) is 104 Å². The lowest BCUT2D eigenvalue weighted by atomic mass is 10.0. The highest BCUT2D eigenvalue weighted by Gasteiger charge is 2.28. The molecule has 1 aliphatic carbocycles. The molecule has 3 rings (SSSR count). The number of rotatable bonds is 4. The number of hydrogen-bond acceptors (Lipinski definition) is 4. The fourth-order valence-corrected chi connectivity index (χ4v) is 3.09. The molecule has 2 aromatic rings. The number of allylic oxidation sites excluding steroid dienone is 1. The Kier molecular flexibility index (Phi) is 3.62. The number of aromatic amines is 1. The lowest BCUT2D eigenvalue weighted by Crippen LogP contribution is -2.33. The van der Waals surface area contributed by atoms with Crippen molar-refractivity contribution < 1.29 is 9.59 Å². The van der Waals surface area contributed by atoms with Crippen LogP contribution in [0.2, 0.25) is 0 Å². The van der Waals surface area contributed by atoms with Gasteiger partial charge in [-0.25, -0.2) is 4.98 Å². The van der Waals surface area contributed by atoms with Crippen molar-refractivity contribution in [3.8, 4) is 0 Å². The third kappa shape index (κ3) is 2.45. The smallest absolute Gasteiger partial charge is 0.284 e. The summed E-state index contributed by atoms with van der Waals surface area (Å²) in [6.45, 7) is 4.15. The first-order valence-electron chi connectivity index (χ1n) is 7.14. The molecule has 0 unspecified atom stereocenters. The van der Waals surface area contributed by atoms with Gasteiger partial charge in [-0.05, 0) is 25.3 Å². The van der Waals surface area contributed by atoms with Crippen LogP contribution < -0.4 is 10.8 Å². The Morgan fingerprint density at radius 1 is 1.55 bits per heavy atom.